The molecule has 0 heterocycles. The number of carbonyl (C=O) groups excluding carboxylic acids is 1. The zero-order valence-electron chi connectivity index (χ0n) is 15.2. The van der Waals surface area contributed by atoms with Gasteiger partial charge in [-0.3, -0.25) is 4.79 Å². The largest absolute Gasteiger partial charge is 0.494 e. The molecule has 0 N–H and O–H groups in total. The van der Waals surface area contributed by atoms with Gasteiger partial charge in [0.25, 0.3) is 0 Å². The summed E-state index contributed by atoms with van der Waals surface area (Å²) in [4.78, 5) is 12.4. The van der Waals surface area contributed by atoms with E-state index in [0.29, 0.717) is 0 Å². The molecule has 0 saturated carbocycles. The molecule has 2 heteroatoms. The van der Waals surface area contributed by atoms with Crippen molar-refractivity contribution in [2.24, 2.45) is 5.92 Å². The molecule has 0 aromatic heterocycles. The average Bonchev–Trinajstić information content (AvgIpc) is 2.59. The lowest BCUT2D eigenvalue weighted by atomic mass is 9.92. The number of ether oxygens (including phenoxy) is 1. The second kappa shape index (κ2) is 11.0. The number of unbranched alkanes of at least 4 members (excludes halogenated alkanes) is 2. The minimum atomic E-state index is 0.0863. The molecular weight excluding hydrogens is 284 g/mol. The fraction of sp³-hybridized carbons (Fsp3) is 0.571. The van der Waals surface area contributed by atoms with Crippen molar-refractivity contribution in [3.8, 4) is 5.75 Å². The van der Waals surface area contributed by atoms with Crippen molar-refractivity contribution in [3.05, 3.63) is 41.5 Å². The lowest BCUT2D eigenvalue weighted by molar-refractivity contribution is 0.0926. The van der Waals surface area contributed by atoms with Gasteiger partial charge in [0, 0.05) is 11.5 Å². The predicted octanol–water partition coefficient (Wildman–Crippen LogP) is 5.99. The molecule has 0 saturated heterocycles. The summed E-state index contributed by atoms with van der Waals surface area (Å²) in [6.45, 7) is 9.04. The summed E-state index contributed by atoms with van der Waals surface area (Å²) in [5, 5.41) is 0. The summed E-state index contributed by atoms with van der Waals surface area (Å²) in [5.41, 5.74) is 1.96. The Kier molecular flexibility index (Phi) is 9.35. The molecule has 128 valence electrons. The fourth-order valence-electron chi connectivity index (χ4n) is 2.48. The lowest BCUT2D eigenvalue weighted by Crippen LogP contribution is -2.12. The first-order valence-electron chi connectivity index (χ1n) is 9.08. The van der Waals surface area contributed by atoms with Crippen LogP contribution in [0.4, 0.5) is 0 Å². The average molecular weight is 316 g/mol. The zero-order valence-corrected chi connectivity index (χ0v) is 15.2. The van der Waals surface area contributed by atoms with Gasteiger partial charge in [-0.25, -0.2) is 0 Å². The maximum Gasteiger partial charge on any atom is 0.165 e. The van der Waals surface area contributed by atoms with Crippen LogP contribution in [0.2, 0.25) is 0 Å². The lowest BCUT2D eigenvalue weighted by Gasteiger charge is -2.13. The summed E-state index contributed by atoms with van der Waals surface area (Å²) in [7, 11) is 0. The molecule has 0 radical (unpaired) electrons. The molecule has 0 aliphatic heterocycles. The van der Waals surface area contributed by atoms with Crippen LogP contribution in [0.5, 0.6) is 5.75 Å². The Morgan fingerprint density at radius 1 is 1.17 bits per heavy atom. The highest BCUT2D eigenvalue weighted by Gasteiger charge is 2.16. The molecule has 23 heavy (non-hydrogen) atoms. The van der Waals surface area contributed by atoms with Crippen molar-refractivity contribution in [3.63, 3.8) is 0 Å². The highest BCUT2D eigenvalue weighted by atomic mass is 16.5. The van der Waals surface area contributed by atoms with Crippen molar-refractivity contribution >= 4 is 5.78 Å². The van der Waals surface area contributed by atoms with Gasteiger partial charge in [-0.2, -0.15) is 0 Å². The first kappa shape index (κ1) is 19.5. The van der Waals surface area contributed by atoms with Crippen molar-refractivity contribution in [1.29, 1.82) is 0 Å². The van der Waals surface area contributed by atoms with Gasteiger partial charge in [0.2, 0.25) is 0 Å². The minimum Gasteiger partial charge on any atom is -0.494 e. The number of ketones is 1. The van der Waals surface area contributed by atoms with Gasteiger partial charge < -0.3 is 4.74 Å². The number of aryl methyl sites for hydroxylation is 1. The molecule has 0 bridgehead atoms. The van der Waals surface area contributed by atoms with Crippen molar-refractivity contribution < 1.29 is 9.53 Å². The van der Waals surface area contributed by atoms with Crippen LogP contribution in [-0.4, -0.2) is 12.4 Å². The van der Waals surface area contributed by atoms with Gasteiger partial charge in [0.05, 0.1) is 6.61 Å². The van der Waals surface area contributed by atoms with Crippen molar-refractivity contribution in [2.75, 3.05) is 6.61 Å². The van der Waals surface area contributed by atoms with Crippen LogP contribution >= 0.6 is 0 Å². The molecule has 2 nitrogen and oxygen atoms in total. The van der Waals surface area contributed by atoms with E-state index in [9.17, 15) is 4.79 Å². The van der Waals surface area contributed by atoms with Crippen LogP contribution in [0.1, 0.15) is 75.7 Å². The summed E-state index contributed by atoms with van der Waals surface area (Å²) >= 11 is 0. The third-order valence-corrected chi connectivity index (χ3v) is 4.22. The van der Waals surface area contributed by atoms with Crippen LogP contribution in [0, 0.1) is 5.92 Å². The fourth-order valence-corrected chi connectivity index (χ4v) is 2.48. The Morgan fingerprint density at radius 3 is 2.61 bits per heavy atom. The monoisotopic (exact) mass is 316 g/mol. The van der Waals surface area contributed by atoms with E-state index in [0.717, 1.165) is 62.0 Å². The minimum absolute atomic E-state index is 0.0863. The van der Waals surface area contributed by atoms with Crippen LogP contribution in [0.25, 0.3) is 0 Å². The highest BCUT2D eigenvalue weighted by Crippen LogP contribution is 2.22. The van der Waals surface area contributed by atoms with Crippen LogP contribution in [0.3, 0.4) is 0 Å². The van der Waals surface area contributed by atoms with Gasteiger partial charge in [0.15, 0.2) is 5.78 Å². The molecule has 1 rings (SSSR count). The Balaban J connectivity index is 2.55. The van der Waals surface area contributed by atoms with E-state index < -0.39 is 0 Å². The van der Waals surface area contributed by atoms with E-state index in [1.807, 2.05) is 25.1 Å². The summed E-state index contributed by atoms with van der Waals surface area (Å²) in [6, 6.07) is 5.91. The van der Waals surface area contributed by atoms with Crippen LogP contribution in [-0.2, 0) is 6.42 Å². The quantitative estimate of drug-likeness (QED) is 0.284. The third kappa shape index (κ3) is 6.60. The molecule has 0 aliphatic rings. The smallest absolute Gasteiger partial charge is 0.165 e. The molecule has 0 fully saturated rings. The van der Waals surface area contributed by atoms with E-state index >= 15 is 0 Å². The Labute approximate surface area is 141 Å². The van der Waals surface area contributed by atoms with E-state index in [1.54, 1.807) is 0 Å². The molecule has 0 spiro atoms. The number of Topliss-reactive ketones (excluding diaryl/α,β-unsaturated/α-hetero) is 1. The molecule has 1 atom stereocenters. The standard InChI is InChI=1S/C21H32O2/c1-5-8-9-10-11-12-15-23-19-13-14-20(18(7-3)16-19)21(22)17(4)6-2/h8-9,13-14,16-17H,5-7,10-12,15H2,1-4H3/b9-8+. The second-order valence-electron chi connectivity index (χ2n) is 6.07. The van der Waals surface area contributed by atoms with Gasteiger partial charge in [-0.1, -0.05) is 39.8 Å². The Hall–Kier alpha value is -1.57. The predicted molar refractivity (Wildman–Crippen MR) is 98.4 cm³/mol. The van der Waals surface area contributed by atoms with E-state index in [2.05, 4.69) is 32.9 Å². The maximum absolute atomic E-state index is 12.4. The summed E-state index contributed by atoms with van der Waals surface area (Å²) < 4.78 is 5.84. The number of benzene rings is 1. The van der Waals surface area contributed by atoms with E-state index in [1.165, 1.54) is 0 Å². The molecule has 1 aromatic carbocycles. The maximum atomic E-state index is 12.4. The number of rotatable bonds is 11. The number of hydrogen-bond donors (Lipinski definition) is 0. The van der Waals surface area contributed by atoms with Crippen molar-refractivity contribution in [1.82, 2.24) is 0 Å². The molecule has 0 amide bonds. The first-order valence-corrected chi connectivity index (χ1v) is 9.08. The van der Waals surface area contributed by atoms with Gasteiger partial charge >= 0.3 is 0 Å². The van der Waals surface area contributed by atoms with Crippen molar-refractivity contribution in [2.45, 2.75) is 66.2 Å². The molecular formula is C21H32O2. The SMILES string of the molecule is CC/C=C/CCCCOc1ccc(C(=O)C(C)CC)c(CC)c1. The number of hydrogen-bond acceptors (Lipinski definition) is 2. The van der Waals surface area contributed by atoms with Crippen LogP contribution in [0.15, 0.2) is 30.4 Å². The van der Waals surface area contributed by atoms with Gasteiger partial charge in [0.1, 0.15) is 5.75 Å². The first-order chi connectivity index (χ1) is 11.1. The second-order valence-corrected chi connectivity index (χ2v) is 6.07. The highest BCUT2D eigenvalue weighted by molar-refractivity contribution is 5.99. The molecule has 1 aromatic rings. The van der Waals surface area contributed by atoms with Crippen LogP contribution < -0.4 is 4.74 Å². The zero-order chi connectivity index (χ0) is 17.1. The molecule has 1 unspecified atom stereocenters. The number of allylic oxidation sites excluding steroid dienone is 2. The van der Waals surface area contributed by atoms with E-state index in [4.69, 9.17) is 4.74 Å². The van der Waals surface area contributed by atoms with E-state index in [-0.39, 0.29) is 11.7 Å². The molecule has 0 aliphatic carbocycles. The summed E-state index contributed by atoms with van der Waals surface area (Å²) in [5.74, 6) is 1.22. The normalized spacial score (nSPS) is 12.5. The van der Waals surface area contributed by atoms with Gasteiger partial charge in [-0.15, -0.1) is 0 Å². The third-order valence-electron chi connectivity index (χ3n) is 4.22. The number of carbonyl (C=O) groups is 1. The Bertz CT molecular complexity index is 503. The summed E-state index contributed by atoms with van der Waals surface area (Å²) in [6.07, 6.45) is 10.6. The van der Waals surface area contributed by atoms with Gasteiger partial charge in [-0.05, 0) is 62.3 Å². The Morgan fingerprint density at radius 2 is 1.96 bits per heavy atom. The topological polar surface area (TPSA) is 26.3 Å².